The number of rotatable bonds is 10. The number of esters is 1. The van der Waals surface area contributed by atoms with Crippen LogP contribution >= 0.6 is 11.6 Å². The molecule has 28 heavy (non-hydrogen) atoms. The quantitative estimate of drug-likeness (QED) is 0.482. The molecule has 0 saturated heterocycles. The number of nitrogens with zero attached hydrogens (tertiary/aromatic N) is 1. The second-order valence-corrected chi connectivity index (χ2v) is 7.52. The molecule has 0 amide bonds. The Morgan fingerprint density at radius 1 is 1.36 bits per heavy atom. The smallest absolute Gasteiger partial charge is 0.419 e. The molecule has 3 rings (SSSR count). The Morgan fingerprint density at radius 3 is 2.71 bits per heavy atom. The third-order valence-corrected chi connectivity index (χ3v) is 4.88. The third kappa shape index (κ3) is 4.85. The second-order valence-electron chi connectivity index (χ2n) is 7.11. The lowest BCUT2D eigenvalue weighted by molar-refractivity contribution is -0.146. The highest BCUT2D eigenvalue weighted by Gasteiger charge is 2.26. The Balaban J connectivity index is 1.65. The Hall–Kier alpha value is -2.07. The lowest BCUT2D eigenvalue weighted by Gasteiger charge is -2.23. The molecule has 0 radical (unpaired) electrons. The van der Waals surface area contributed by atoms with Crippen LogP contribution in [0.2, 0.25) is 5.02 Å². The number of oxazole rings is 1. The number of aliphatic hydroxyl groups excluding tert-OH is 2. The molecule has 4 N–H and O–H groups in total. The number of ether oxygens (including phenoxy) is 2. The molecule has 1 aromatic heterocycles. The maximum atomic E-state index is 12.1. The van der Waals surface area contributed by atoms with Gasteiger partial charge in [0.1, 0.15) is 12.4 Å². The van der Waals surface area contributed by atoms with E-state index in [1.165, 1.54) is 4.57 Å². The summed E-state index contributed by atoms with van der Waals surface area (Å²) in [5, 5.41) is 18.5. The molecule has 0 unspecified atom stereocenters. The number of hydrogen-bond acceptors (Lipinski definition) is 8. The molecule has 1 aromatic carbocycles. The zero-order valence-electron chi connectivity index (χ0n) is 15.2. The molecular weight excluding hydrogens is 392 g/mol. The minimum Gasteiger partial charge on any atom is -0.492 e. The Kier molecular flexibility index (Phi) is 6.29. The molecule has 1 aliphatic rings. The van der Waals surface area contributed by atoms with Crippen LogP contribution in [0.4, 0.5) is 0 Å². The predicted octanol–water partition coefficient (Wildman–Crippen LogP) is 0.652. The van der Waals surface area contributed by atoms with E-state index < -0.39 is 30.5 Å². The summed E-state index contributed by atoms with van der Waals surface area (Å²) in [5.41, 5.74) is 4.99. The normalized spacial score (nSPS) is 14.4. The second kappa shape index (κ2) is 8.52. The van der Waals surface area contributed by atoms with Gasteiger partial charge in [0.25, 0.3) is 0 Å². The van der Waals surface area contributed by atoms with Crippen molar-refractivity contribution in [3.05, 3.63) is 27.7 Å². The van der Waals surface area contributed by atoms with Crippen LogP contribution in [0.5, 0.6) is 5.75 Å². The van der Waals surface area contributed by atoms with Crippen LogP contribution in [0, 0.1) is 5.92 Å². The fourth-order valence-electron chi connectivity index (χ4n) is 2.52. The first-order chi connectivity index (χ1) is 13.3. The SMILES string of the molecule is NC(CO)(CO)COC(=O)CCn1c(=O)oc2cc(OCC3CC3)c(Cl)cc21. The number of aliphatic hydroxyl groups is 2. The topological polar surface area (TPSA) is 137 Å². The summed E-state index contributed by atoms with van der Waals surface area (Å²) in [6.45, 7) is -0.822. The van der Waals surface area contributed by atoms with Crippen molar-refractivity contribution in [2.75, 3.05) is 26.4 Å². The number of benzene rings is 1. The maximum absolute atomic E-state index is 12.1. The van der Waals surface area contributed by atoms with E-state index in [0.29, 0.717) is 34.4 Å². The number of aryl methyl sites for hydroxylation is 1. The Labute approximate surface area is 165 Å². The summed E-state index contributed by atoms with van der Waals surface area (Å²) < 4.78 is 17.1. The Morgan fingerprint density at radius 2 is 2.07 bits per heavy atom. The van der Waals surface area contributed by atoms with Crippen molar-refractivity contribution in [1.29, 1.82) is 0 Å². The lowest BCUT2D eigenvalue weighted by atomic mass is 10.1. The first-order valence-electron chi connectivity index (χ1n) is 8.97. The first-order valence-corrected chi connectivity index (χ1v) is 9.35. The van der Waals surface area contributed by atoms with E-state index in [1.807, 2.05) is 0 Å². The summed E-state index contributed by atoms with van der Waals surface area (Å²) in [4.78, 5) is 24.0. The van der Waals surface area contributed by atoms with Crippen LogP contribution in [0.1, 0.15) is 19.3 Å². The van der Waals surface area contributed by atoms with Gasteiger partial charge < -0.3 is 29.8 Å². The van der Waals surface area contributed by atoms with Crippen molar-refractivity contribution in [3.8, 4) is 5.75 Å². The Bertz CT molecular complexity index is 899. The van der Waals surface area contributed by atoms with Gasteiger partial charge in [-0.3, -0.25) is 9.36 Å². The average molecular weight is 415 g/mol. The fraction of sp³-hybridized carbons (Fsp3) is 0.556. The van der Waals surface area contributed by atoms with Gasteiger partial charge in [0.2, 0.25) is 0 Å². The minimum atomic E-state index is -1.40. The monoisotopic (exact) mass is 414 g/mol. The summed E-state index contributed by atoms with van der Waals surface area (Å²) in [6.07, 6.45) is 2.16. The molecule has 0 spiro atoms. The number of nitrogens with two attached hydrogens (primary N) is 1. The highest BCUT2D eigenvalue weighted by Crippen LogP contribution is 2.33. The van der Waals surface area contributed by atoms with Gasteiger partial charge in [0, 0.05) is 12.6 Å². The molecule has 1 fully saturated rings. The largest absolute Gasteiger partial charge is 0.492 e. The molecule has 0 bridgehead atoms. The number of fused-ring (bicyclic) bond motifs is 1. The molecular formula is C18H23ClN2O7. The predicted molar refractivity (Wildman–Crippen MR) is 100 cm³/mol. The standard InChI is InChI=1S/C18H23ClN2O7/c19-12-5-13-15(6-14(12)26-7-11-1-2-11)28-17(25)21(13)4-3-16(24)27-10-18(20,8-22)9-23/h5-6,11,22-23H,1-4,7-10,20H2. The highest BCUT2D eigenvalue weighted by molar-refractivity contribution is 6.32. The van der Waals surface area contributed by atoms with Crippen molar-refractivity contribution in [3.63, 3.8) is 0 Å². The van der Waals surface area contributed by atoms with Gasteiger partial charge in [-0.05, 0) is 24.8 Å². The van der Waals surface area contributed by atoms with E-state index in [4.69, 9.17) is 41.4 Å². The van der Waals surface area contributed by atoms with Crippen LogP contribution in [-0.2, 0) is 16.1 Å². The van der Waals surface area contributed by atoms with Crippen LogP contribution < -0.4 is 16.2 Å². The van der Waals surface area contributed by atoms with E-state index in [0.717, 1.165) is 12.8 Å². The van der Waals surface area contributed by atoms with E-state index >= 15 is 0 Å². The van der Waals surface area contributed by atoms with Crippen molar-refractivity contribution >= 4 is 28.7 Å². The van der Waals surface area contributed by atoms with E-state index in [1.54, 1.807) is 12.1 Å². The van der Waals surface area contributed by atoms with Crippen LogP contribution in [0.3, 0.4) is 0 Å². The summed E-state index contributed by atoms with van der Waals surface area (Å²) in [7, 11) is 0. The van der Waals surface area contributed by atoms with Crippen molar-refractivity contribution < 1.29 is 28.9 Å². The summed E-state index contributed by atoms with van der Waals surface area (Å²) in [6, 6.07) is 3.14. The van der Waals surface area contributed by atoms with Gasteiger partial charge in [0.05, 0.1) is 42.3 Å². The zero-order valence-corrected chi connectivity index (χ0v) is 16.0. The van der Waals surface area contributed by atoms with E-state index in [-0.39, 0.29) is 19.6 Å². The van der Waals surface area contributed by atoms with Gasteiger partial charge in [-0.25, -0.2) is 4.79 Å². The number of hydrogen-bond donors (Lipinski definition) is 3. The molecule has 0 atom stereocenters. The molecule has 1 aliphatic carbocycles. The maximum Gasteiger partial charge on any atom is 0.419 e. The van der Waals surface area contributed by atoms with Crippen LogP contribution in [0.15, 0.2) is 21.3 Å². The molecule has 10 heteroatoms. The van der Waals surface area contributed by atoms with Gasteiger partial charge >= 0.3 is 11.7 Å². The molecule has 2 aromatic rings. The van der Waals surface area contributed by atoms with Crippen molar-refractivity contribution in [2.24, 2.45) is 11.7 Å². The molecule has 9 nitrogen and oxygen atoms in total. The number of halogens is 1. The fourth-order valence-corrected chi connectivity index (χ4v) is 2.73. The van der Waals surface area contributed by atoms with E-state index in [9.17, 15) is 9.59 Å². The highest BCUT2D eigenvalue weighted by atomic mass is 35.5. The van der Waals surface area contributed by atoms with Gasteiger partial charge in [-0.15, -0.1) is 0 Å². The van der Waals surface area contributed by atoms with Gasteiger partial charge in [-0.1, -0.05) is 11.6 Å². The zero-order chi connectivity index (χ0) is 20.3. The summed E-state index contributed by atoms with van der Waals surface area (Å²) in [5.74, 6) is -0.252. The van der Waals surface area contributed by atoms with Crippen LogP contribution in [-0.4, -0.2) is 52.7 Å². The first kappa shape index (κ1) is 20.7. The van der Waals surface area contributed by atoms with Gasteiger partial charge in [-0.2, -0.15) is 0 Å². The number of carbonyl (C=O) groups is 1. The number of carbonyl (C=O) groups excluding carboxylic acids is 1. The number of aromatic nitrogens is 1. The van der Waals surface area contributed by atoms with Crippen molar-refractivity contribution in [2.45, 2.75) is 31.3 Å². The van der Waals surface area contributed by atoms with Crippen LogP contribution in [0.25, 0.3) is 11.1 Å². The van der Waals surface area contributed by atoms with E-state index in [2.05, 4.69) is 0 Å². The van der Waals surface area contributed by atoms with Gasteiger partial charge in [0.15, 0.2) is 5.58 Å². The van der Waals surface area contributed by atoms with Crippen molar-refractivity contribution in [1.82, 2.24) is 4.57 Å². The third-order valence-electron chi connectivity index (χ3n) is 4.58. The summed E-state index contributed by atoms with van der Waals surface area (Å²) >= 11 is 6.25. The average Bonchev–Trinajstić information content (AvgIpc) is 3.46. The molecule has 1 heterocycles. The lowest BCUT2D eigenvalue weighted by Crippen LogP contribution is -2.51. The molecule has 0 aliphatic heterocycles. The molecule has 1 saturated carbocycles. The molecule has 154 valence electrons. The minimum absolute atomic E-state index is 0.0130.